The number of aromatic nitrogens is 1. The van der Waals surface area contributed by atoms with E-state index in [0.717, 1.165) is 42.2 Å². The molecule has 3 nitrogen and oxygen atoms in total. The Labute approximate surface area is 145 Å². The summed E-state index contributed by atoms with van der Waals surface area (Å²) in [5.41, 5.74) is 2.47. The molecule has 24 heavy (non-hydrogen) atoms. The highest BCUT2D eigenvalue weighted by Gasteiger charge is 2.01. The molecule has 1 aromatic heterocycles. The van der Waals surface area contributed by atoms with E-state index >= 15 is 0 Å². The summed E-state index contributed by atoms with van der Waals surface area (Å²) in [5.74, 6) is 1.73. The molecular formula is C21H27NO2. The number of unbranched alkanes of at least 4 members (excludes halogenated alkanes) is 2. The number of hydrogen-bond acceptors (Lipinski definition) is 3. The third kappa shape index (κ3) is 5.80. The number of nitrogens with zero attached hydrogens (tertiary/aromatic N) is 1. The molecule has 1 aromatic carbocycles. The Bertz CT molecular complexity index is 605. The van der Waals surface area contributed by atoms with E-state index in [1.165, 1.54) is 25.7 Å². The van der Waals surface area contributed by atoms with Gasteiger partial charge >= 0.3 is 0 Å². The summed E-state index contributed by atoms with van der Waals surface area (Å²) in [6.45, 7) is 5.34. The number of pyridine rings is 1. The first-order valence-corrected chi connectivity index (χ1v) is 8.87. The summed E-state index contributed by atoms with van der Waals surface area (Å²) < 4.78 is 5.80. The molecule has 0 radical (unpaired) electrons. The molecule has 0 N–H and O–H groups in total. The fourth-order valence-corrected chi connectivity index (χ4v) is 2.53. The lowest BCUT2D eigenvalue weighted by Gasteiger charge is -2.09. The Kier molecular flexibility index (Phi) is 7.47. The topological polar surface area (TPSA) is 39.2 Å². The van der Waals surface area contributed by atoms with Crippen LogP contribution in [0, 0.1) is 5.92 Å². The summed E-state index contributed by atoms with van der Waals surface area (Å²) in [6.07, 6.45) is 8.61. The predicted molar refractivity (Wildman–Crippen MR) is 98.5 cm³/mol. The van der Waals surface area contributed by atoms with Crippen molar-refractivity contribution in [3.63, 3.8) is 0 Å². The fraction of sp³-hybridized carbons (Fsp3) is 0.429. The van der Waals surface area contributed by atoms with E-state index in [4.69, 9.17) is 4.74 Å². The zero-order valence-corrected chi connectivity index (χ0v) is 14.7. The Morgan fingerprint density at radius 3 is 2.50 bits per heavy atom. The van der Waals surface area contributed by atoms with Crippen molar-refractivity contribution in [2.45, 2.75) is 46.0 Å². The van der Waals surface area contributed by atoms with Gasteiger partial charge in [0, 0.05) is 17.3 Å². The molecule has 1 heterocycles. The molecule has 0 spiro atoms. The maximum Gasteiger partial charge on any atom is 0.151 e. The van der Waals surface area contributed by atoms with Crippen LogP contribution in [-0.2, 0) is 0 Å². The van der Waals surface area contributed by atoms with E-state index in [1.54, 1.807) is 12.3 Å². The summed E-state index contributed by atoms with van der Waals surface area (Å²) in [6, 6.07) is 11.6. The first-order chi connectivity index (χ1) is 11.7. The molecule has 0 fully saturated rings. The van der Waals surface area contributed by atoms with Crippen LogP contribution >= 0.6 is 0 Å². The molecule has 0 saturated heterocycles. The lowest BCUT2D eigenvalue weighted by Crippen LogP contribution is -1.98. The van der Waals surface area contributed by atoms with Crippen molar-refractivity contribution in [2.75, 3.05) is 6.61 Å². The average molecular weight is 325 g/mol. The van der Waals surface area contributed by atoms with Crippen LogP contribution in [0.4, 0.5) is 0 Å². The number of benzene rings is 1. The monoisotopic (exact) mass is 325 g/mol. The fourth-order valence-electron chi connectivity index (χ4n) is 2.53. The van der Waals surface area contributed by atoms with Gasteiger partial charge in [-0.3, -0.25) is 9.78 Å². The van der Waals surface area contributed by atoms with Gasteiger partial charge in [0.2, 0.25) is 0 Å². The Morgan fingerprint density at radius 2 is 1.88 bits per heavy atom. The second-order valence-corrected chi connectivity index (χ2v) is 6.33. The third-order valence-corrected chi connectivity index (χ3v) is 4.38. The van der Waals surface area contributed by atoms with Crippen LogP contribution in [0.3, 0.4) is 0 Å². The standard InChI is InChI=1S/C21H27NO2/c1-3-17(2)7-5-4-6-14-24-20-11-9-19(10-12-20)21-13-8-18(16-23)15-22-21/h8-13,15-17H,3-7,14H2,1-2H3. The number of carbonyl (C=O) groups excluding carboxylic acids is 1. The zero-order valence-electron chi connectivity index (χ0n) is 14.7. The van der Waals surface area contributed by atoms with E-state index < -0.39 is 0 Å². The van der Waals surface area contributed by atoms with Crippen molar-refractivity contribution in [3.05, 3.63) is 48.2 Å². The Hall–Kier alpha value is -2.16. The lowest BCUT2D eigenvalue weighted by atomic mass is 10.0. The van der Waals surface area contributed by atoms with Crippen LogP contribution in [0.15, 0.2) is 42.6 Å². The summed E-state index contributed by atoms with van der Waals surface area (Å²) in [4.78, 5) is 15.0. The highest BCUT2D eigenvalue weighted by atomic mass is 16.5. The molecule has 128 valence electrons. The maximum absolute atomic E-state index is 10.7. The van der Waals surface area contributed by atoms with E-state index in [0.29, 0.717) is 5.56 Å². The molecule has 2 rings (SSSR count). The molecule has 0 aliphatic rings. The first kappa shape index (κ1) is 18.2. The number of ether oxygens (including phenoxy) is 1. The van der Waals surface area contributed by atoms with Crippen LogP contribution in [-0.4, -0.2) is 17.9 Å². The van der Waals surface area contributed by atoms with Crippen LogP contribution in [0.1, 0.15) is 56.3 Å². The SMILES string of the molecule is CCC(C)CCCCCOc1ccc(-c2ccc(C=O)cn2)cc1. The van der Waals surface area contributed by atoms with Crippen molar-refractivity contribution >= 4 is 6.29 Å². The van der Waals surface area contributed by atoms with Gasteiger partial charge in [-0.2, -0.15) is 0 Å². The normalized spacial score (nSPS) is 11.9. The third-order valence-electron chi connectivity index (χ3n) is 4.38. The number of aldehydes is 1. The number of hydrogen-bond donors (Lipinski definition) is 0. The van der Waals surface area contributed by atoms with E-state index in [2.05, 4.69) is 18.8 Å². The van der Waals surface area contributed by atoms with Gasteiger partial charge in [-0.25, -0.2) is 0 Å². The molecule has 0 saturated carbocycles. The van der Waals surface area contributed by atoms with Gasteiger partial charge in [0.1, 0.15) is 5.75 Å². The minimum atomic E-state index is 0.590. The second-order valence-electron chi connectivity index (χ2n) is 6.33. The molecule has 1 unspecified atom stereocenters. The number of rotatable bonds is 10. The first-order valence-electron chi connectivity index (χ1n) is 8.87. The van der Waals surface area contributed by atoms with Gasteiger partial charge in [0.25, 0.3) is 0 Å². The van der Waals surface area contributed by atoms with Gasteiger partial charge in [0.15, 0.2) is 6.29 Å². The minimum Gasteiger partial charge on any atom is -0.494 e. The van der Waals surface area contributed by atoms with Gasteiger partial charge in [-0.05, 0) is 48.7 Å². The molecule has 2 aromatic rings. The van der Waals surface area contributed by atoms with Crippen LogP contribution in [0.5, 0.6) is 5.75 Å². The van der Waals surface area contributed by atoms with Gasteiger partial charge in [-0.1, -0.05) is 39.5 Å². The minimum absolute atomic E-state index is 0.590. The Balaban J connectivity index is 1.74. The van der Waals surface area contributed by atoms with Crippen LogP contribution in [0.25, 0.3) is 11.3 Å². The van der Waals surface area contributed by atoms with Gasteiger partial charge in [-0.15, -0.1) is 0 Å². The quantitative estimate of drug-likeness (QED) is 0.425. The second kappa shape index (κ2) is 9.86. The summed E-state index contributed by atoms with van der Waals surface area (Å²) >= 11 is 0. The van der Waals surface area contributed by atoms with E-state index in [-0.39, 0.29) is 0 Å². The molecule has 3 heteroatoms. The zero-order chi connectivity index (χ0) is 17.2. The molecule has 0 amide bonds. The molecule has 0 aliphatic heterocycles. The highest BCUT2D eigenvalue weighted by molar-refractivity contribution is 5.75. The average Bonchev–Trinajstić information content (AvgIpc) is 2.65. The van der Waals surface area contributed by atoms with Crippen molar-refractivity contribution in [1.29, 1.82) is 0 Å². The summed E-state index contributed by atoms with van der Waals surface area (Å²) in [5, 5.41) is 0. The van der Waals surface area contributed by atoms with Crippen LogP contribution < -0.4 is 4.74 Å². The van der Waals surface area contributed by atoms with Crippen molar-refractivity contribution in [1.82, 2.24) is 4.98 Å². The van der Waals surface area contributed by atoms with Crippen molar-refractivity contribution in [3.8, 4) is 17.0 Å². The van der Waals surface area contributed by atoms with Crippen molar-refractivity contribution < 1.29 is 9.53 Å². The lowest BCUT2D eigenvalue weighted by molar-refractivity contribution is 0.112. The Morgan fingerprint density at radius 1 is 1.08 bits per heavy atom. The summed E-state index contributed by atoms with van der Waals surface area (Å²) in [7, 11) is 0. The smallest absolute Gasteiger partial charge is 0.151 e. The largest absolute Gasteiger partial charge is 0.494 e. The maximum atomic E-state index is 10.7. The van der Waals surface area contributed by atoms with Crippen LogP contribution in [0.2, 0.25) is 0 Å². The molecule has 1 atom stereocenters. The number of carbonyl (C=O) groups is 1. The van der Waals surface area contributed by atoms with E-state index in [1.807, 2.05) is 30.3 Å². The molecular weight excluding hydrogens is 298 g/mol. The molecule has 0 bridgehead atoms. The van der Waals surface area contributed by atoms with Gasteiger partial charge in [0.05, 0.1) is 12.3 Å². The highest BCUT2D eigenvalue weighted by Crippen LogP contribution is 2.21. The van der Waals surface area contributed by atoms with E-state index in [9.17, 15) is 4.79 Å². The van der Waals surface area contributed by atoms with Gasteiger partial charge < -0.3 is 4.74 Å². The van der Waals surface area contributed by atoms with Crippen molar-refractivity contribution in [2.24, 2.45) is 5.92 Å². The molecule has 0 aliphatic carbocycles. The predicted octanol–water partition coefficient (Wildman–Crippen LogP) is 5.55.